The fraction of sp³-hybridized carbons (Fsp3) is 0.222. The van der Waals surface area contributed by atoms with E-state index in [0.717, 1.165) is 22.4 Å². The Labute approximate surface area is 130 Å². The molecule has 0 aromatic heterocycles. The molecule has 4 heteroatoms. The molecule has 0 spiro atoms. The standard InChI is InChI=1S/C18H19NO3/c1-11-8-12(2)16(13(3)9-11)19-17(20)14-6-5-7-15(10-14)18(21)22-4/h5-10H,1-4H3,(H,19,20). The van der Waals surface area contributed by atoms with Gasteiger partial charge in [0.25, 0.3) is 5.91 Å². The molecule has 0 aliphatic carbocycles. The number of anilines is 1. The molecule has 2 rings (SSSR count). The lowest BCUT2D eigenvalue weighted by Crippen LogP contribution is -2.15. The highest BCUT2D eigenvalue weighted by atomic mass is 16.5. The summed E-state index contributed by atoms with van der Waals surface area (Å²) in [6.07, 6.45) is 0. The van der Waals surface area contributed by atoms with Crippen molar-refractivity contribution in [3.63, 3.8) is 0 Å². The van der Waals surface area contributed by atoms with E-state index in [1.165, 1.54) is 13.2 Å². The first-order chi connectivity index (χ1) is 10.4. The third-order valence-corrected chi connectivity index (χ3v) is 3.46. The zero-order valence-corrected chi connectivity index (χ0v) is 13.2. The number of ether oxygens (including phenoxy) is 1. The van der Waals surface area contributed by atoms with Crippen LogP contribution in [0.15, 0.2) is 36.4 Å². The zero-order chi connectivity index (χ0) is 16.3. The lowest BCUT2D eigenvalue weighted by atomic mass is 10.0. The molecule has 1 N–H and O–H groups in total. The summed E-state index contributed by atoms with van der Waals surface area (Å²) in [5.74, 6) is -0.710. The number of carbonyl (C=O) groups excluding carboxylic acids is 2. The summed E-state index contributed by atoms with van der Waals surface area (Å²) in [6.45, 7) is 5.94. The highest BCUT2D eigenvalue weighted by Gasteiger charge is 2.13. The van der Waals surface area contributed by atoms with E-state index in [2.05, 4.69) is 10.1 Å². The number of esters is 1. The van der Waals surface area contributed by atoms with Crippen molar-refractivity contribution in [1.29, 1.82) is 0 Å². The van der Waals surface area contributed by atoms with E-state index in [0.29, 0.717) is 11.1 Å². The average molecular weight is 297 g/mol. The highest BCUT2D eigenvalue weighted by molar-refractivity contribution is 6.06. The van der Waals surface area contributed by atoms with Gasteiger partial charge in [-0.3, -0.25) is 4.79 Å². The zero-order valence-electron chi connectivity index (χ0n) is 13.2. The second-order valence-corrected chi connectivity index (χ2v) is 5.30. The number of amides is 1. The Morgan fingerprint density at radius 2 is 1.55 bits per heavy atom. The van der Waals surface area contributed by atoms with Gasteiger partial charge in [-0.05, 0) is 50.1 Å². The summed E-state index contributed by atoms with van der Waals surface area (Å²) in [4.78, 5) is 23.9. The summed E-state index contributed by atoms with van der Waals surface area (Å²) in [5.41, 5.74) is 4.75. The van der Waals surface area contributed by atoms with Crippen molar-refractivity contribution in [2.45, 2.75) is 20.8 Å². The van der Waals surface area contributed by atoms with Crippen molar-refractivity contribution >= 4 is 17.6 Å². The van der Waals surface area contributed by atoms with Crippen molar-refractivity contribution in [1.82, 2.24) is 0 Å². The van der Waals surface area contributed by atoms with Gasteiger partial charge in [0.2, 0.25) is 0 Å². The van der Waals surface area contributed by atoms with Gasteiger partial charge in [-0.25, -0.2) is 4.79 Å². The molecule has 0 aliphatic rings. The van der Waals surface area contributed by atoms with Gasteiger partial charge in [-0.2, -0.15) is 0 Å². The first-order valence-corrected chi connectivity index (χ1v) is 7.00. The number of aryl methyl sites for hydroxylation is 3. The Morgan fingerprint density at radius 1 is 0.955 bits per heavy atom. The normalized spacial score (nSPS) is 10.2. The van der Waals surface area contributed by atoms with Gasteiger partial charge < -0.3 is 10.1 Å². The Bertz CT molecular complexity index is 712. The topological polar surface area (TPSA) is 55.4 Å². The minimum Gasteiger partial charge on any atom is -0.465 e. The molecule has 0 saturated carbocycles. The van der Waals surface area contributed by atoms with Crippen LogP contribution in [0.2, 0.25) is 0 Å². The molecule has 0 fully saturated rings. The second kappa shape index (κ2) is 6.43. The molecule has 0 radical (unpaired) electrons. The van der Waals surface area contributed by atoms with Crippen molar-refractivity contribution in [2.24, 2.45) is 0 Å². The molecule has 0 aliphatic heterocycles. The molecule has 0 saturated heterocycles. The summed E-state index contributed by atoms with van der Waals surface area (Å²) in [5, 5.41) is 2.92. The molecule has 22 heavy (non-hydrogen) atoms. The van der Waals surface area contributed by atoms with E-state index in [1.807, 2.05) is 32.9 Å². The van der Waals surface area contributed by atoms with E-state index in [4.69, 9.17) is 0 Å². The quantitative estimate of drug-likeness (QED) is 0.880. The van der Waals surface area contributed by atoms with E-state index >= 15 is 0 Å². The Morgan fingerprint density at radius 3 is 2.14 bits per heavy atom. The van der Waals surface area contributed by atoms with E-state index in [1.54, 1.807) is 18.2 Å². The molecule has 114 valence electrons. The maximum absolute atomic E-state index is 12.4. The van der Waals surface area contributed by atoms with Gasteiger partial charge in [-0.15, -0.1) is 0 Å². The van der Waals surface area contributed by atoms with Crippen LogP contribution in [0.4, 0.5) is 5.69 Å². The van der Waals surface area contributed by atoms with Crippen LogP contribution in [0, 0.1) is 20.8 Å². The van der Waals surface area contributed by atoms with E-state index < -0.39 is 5.97 Å². The van der Waals surface area contributed by atoms with Crippen LogP contribution in [-0.2, 0) is 4.74 Å². The maximum atomic E-state index is 12.4. The lowest BCUT2D eigenvalue weighted by molar-refractivity contribution is 0.0600. The number of nitrogens with one attached hydrogen (secondary N) is 1. The van der Waals surface area contributed by atoms with Crippen LogP contribution in [0.3, 0.4) is 0 Å². The number of methoxy groups -OCH3 is 1. The summed E-state index contributed by atoms with van der Waals surface area (Å²) < 4.78 is 4.67. The van der Waals surface area contributed by atoms with E-state index in [-0.39, 0.29) is 5.91 Å². The molecular formula is C18H19NO3. The van der Waals surface area contributed by atoms with Crippen LogP contribution in [0.1, 0.15) is 37.4 Å². The third kappa shape index (κ3) is 3.34. The average Bonchev–Trinajstić information content (AvgIpc) is 2.50. The minimum absolute atomic E-state index is 0.249. The first kappa shape index (κ1) is 15.8. The molecule has 0 atom stereocenters. The number of hydrogen-bond acceptors (Lipinski definition) is 3. The van der Waals surface area contributed by atoms with Gasteiger partial charge >= 0.3 is 5.97 Å². The van der Waals surface area contributed by atoms with Gasteiger partial charge in [0.1, 0.15) is 0 Å². The first-order valence-electron chi connectivity index (χ1n) is 7.00. The largest absolute Gasteiger partial charge is 0.465 e. The predicted octanol–water partition coefficient (Wildman–Crippen LogP) is 3.65. The van der Waals surface area contributed by atoms with Crippen LogP contribution < -0.4 is 5.32 Å². The lowest BCUT2D eigenvalue weighted by Gasteiger charge is -2.13. The van der Waals surface area contributed by atoms with Crippen LogP contribution in [-0.4, -0.2) is 19.0 Å². The number of benzene rings is 2. The van der Waals surface area contributed by atoms with Gasteiger partial charge in [0.05, 0.1) is 12.7 Å². The predicted molar refractivity (Wildman–Crippen MR) is 86.4 cm³/mol. The number of carbonyl (C=O) groups is 2. The van der Waals surface area contributed by atoms with Crippen molar-refractivity contribution < 1.29 is 14.3 Å². The fourth-order valence-corrected chi connectivity index (χ4v) is 2.47. The molecule has 1 amide bonds. The van der Waals surface area contributed by atoms with Crippen molar-refractivity contribution in [3.05, 3.63) is 64.2 Å². The monoisotopic (exact) mass is 297 g/mol. The van der Waals surface area contributed by atoms with Crippen LogP contribution >= 0.6 is 0 Å². The Hall–Kier alpha value is -2.62. The molecule has 0 bridgehead atoms. The third-order valence-electron chi connectivity index (χ3n) is 3.46. The molecule has 2 aromatic carbocycles. The summed E-state index contributed by atoms with van der Waals surface area (Å²) in [7, 11) is 1.31. The minimum atomic E-state index is -0.461. The summed E-state index contributed by atoms with van der Waals surface area (Å²) >= 11 is 0. The smallest absolute Gasteiger partial charge is 0.337 e. The van der Waals surface area contributed by atoms with Gasteiger partial charge in [-0.1, -0.05) is 23.8 Å². The van der Waals surface area contributed by atoms with Gasteiger partial charge in [0, 0.05) is 11.3 Å². The van der Waals surface area contributed by atoms with Crippen LogP contribution in [0.5, 0.6) is 0 Å². The molecule has 4 nitrogen and oxygen atoms in total. The van der Waals surface area contributed by atoms with Gasteiger partial charge in [0.15, 0.2) is 0 Å². The molecule has 2 aromatic rings. The fourth-order valence-electron chi connectivity index (χ4n) is 2.47. The van der Waals surface area contributed by atoms with Crippen LogP contribution in [0.25, 0.3) is 0 Å². The SMILES string of the molecule is COC(=O)c1cccc(C(=O)Nc2c(C)cc(C)cc2C)c1. The molecular weight excluding hydrogens is 278 g/mol. The Balaban J connectivity index is 2.29. The summed E-state index contributed by atoms with van der Waals surface area (Å²) in [6, 6.07) is 10.5. The number of hydrogen-bond donors (Lipinski definition) is 1. The van der Waals surface area contributed by atoms with E-state index in [9.17, 15) is 9.59 Å². The second-order valence-electron chi connectivity index (χ2n) is 5.30. The molecule has 0 unspecified atom stereocenters. The highest BCUT2D eigenvalue weighted by Crippen LogP contribution is 2.22. The Kier molecular flexibility index (Phi) is 4.61. The molecule has 0 heterocycles. The van der Waals surface area contributed by atoms with Crippen molar-refractivity contribution in [2.75, 3.05) is 12.4 Å². The maximum Gasteiger partial charge on any atom is 0.337 e. The van der Waals surface area contributed by atoms with Crippen molar-refractivity contribution in [3.8, 4) is 0 Å². The number of rotatable bonds is 3.